The topological polar surface area (TPSA) is 117 Å². The first kappa shape index (κ1) is 23.7. The van der Waals surface area contributed by atoms with Crippen LogP contribution in [0.5, 0.6) is 5.75 Å². The summed E-state index contributed by atoms with van der Waals surface area (Å²) >= 11 is 0. The number of esters is 2. The number of hydrogen-bond acceptors (Lipinski definition) is 8. The molecule has 2 N–H and O–H groups in total. The van der Waals surface area contributed by atoms with E-state index >= 15 is 0 Å². The largest absolute Gasteiger partial charge is 0.465 e. The molecule has 8 heteroatoms. The van der Waals surface area contributed by atoms with Crippen molar-refractivity contribution in [1.82, 2.24) is 0 Å². The Bertz CT molecular complexity index is 723. The van der Waals surface area contributed by atoms with E-state index < -0.39 is 11.9 Å². The van der Waals surface area contributed by atoms with Gasteiger partial charge in [0.2, 0.25) is 0 Å². The normalized spacial score (nSPS) is 11.3. The SMILES string of the molecule is CCOC(=O)C(/C=C(\C)N=O)=C/C=C/Oc1ccccc1C(=O)OC.CN. The minimum atomic E-state index is -0.592. The molecule has 0 atom stereocenters. The van der Waals surface area contributed by atoms with Gasteiger partial charge >= 0.3 is 11.9 Å². The second-order valence-electron chi connectivity index (χ2n) is 4.65. The Balaban J connectivity index is 0.00000326. The minimum Gasteiger partial charge on any atom is -0.465 e. The van der Waals surface area contributed by atoms with E-state index in [2.05, 4.69) is 15.6 Å². The van der Waals surface area contributed by atoms with Crippen LogP contribution in [0.2, 0.25) is 0 Å². The highest BCUT2D eigenvalue weighted by atomic mass is 16.5. The van der Waals surface area contributed by atoms with Gasteiger partial charge in [-0.25, -0.2) is 9.59 Å². The molecule has 0 aromatic heterocycles. The first-order valence-electron chi connectivity index (χ1n) is 8.00. The highest BCUT2D eigenvalue weighted by Gasteiger charge is 2.11. The summed E-state index contributed by atoms with van der Waals surface area (Å²) in [6.07, 6.45) is 5.44. The van der Waals surface area contributed by atoms with Crippen LogP contribution in [-0.2, 0) is 14.3 Å². The number of nitrogens with two attached hydrogens (primary N) is 1. The lowest BCUT2D eigenvalue weighted by Crippen LogP contribution is -2.06. The molecule has 0 unspecified atom stereocenters. The third kappa shape index (κ3) is 8.59. The molecule has 8 nitrogen and oxygen atoms in total. The standard InChI is InChI=1S/C18H19NO6.CH5N/c1-4-24-17(20)14(12-13(2)19-22)8-7-11-25-16-10-6-5-9-15(16)18(21)23-3;1-2/h5-12H,4H2,1-3H3;2H2,1H3/b11-7+,13-12+,14-8+;. The Labute approximate surface area is 158 Å². The molecule has 0 saturated carbocycles. The first-order chi connectivity index (χ1) is 13.0. The lowest BCUT2D eigenvalue weighted by Gasteiger charge is -2.05. The molecule has 0 amide bonds. The van der Waals surface area contributed by atoms with Crippen molar-refractivity contribution in [2.75, 3.05) is 20.8 Å². The molecule has 1 aromatic carbocycles. The lowest BCUT2D eigenvalue weighted by molar-refractivity contribution is -0.138. The van der Waals surface area contributed by atoms with Crippen LogP contribution >= 0.6 is 0 Å². The molecule has 0 bridgehead atoms. The summed E-state index contributed by atoms with van der Waals surface area (Å²) < 4.78 is 15.0. The third-order valence-electron chi connectivity index (χ3n) is 2.86. The molecule has 0 fully saturated rings. The number of carbonyl (C=O) groups is 2. The molecular weight excluding hydrogens is 352 g/mol. The smallest absolute Gasteiger partial charge is 0.341 e. The molecule has 0 aliphatic heterocycles. The van der Waals surface area contributed by atoms with E-state index in [4.69, 9.17) is 9.47 Å². The number of methoxy groups -OCH3 is 1. The molecule has 0 aliphatic carbocycles. The number of hydrogen-bond donors (Lipinski definition) is 1. The predicted octanol–water partition coefficient (Wildman–Crippen LogP) is 3.10. The molecule has 0 radical (unpaired) electrons. The number of para-hydroxylation sites is 1. The second kappa shape index (κ2) is 14.0. The summed E-state index contributed by atoms with van der Waals surface area (Å²) in [5.74, 6) is -0.814. The molecule has 1 rings (SSSR count). The van der Waals surface area contributed by atoms with E-state index in [-0.39, 0.29) is 23.4 Å². The fourth-order valence-electron chi connectivity index (χ4n) is 1.74. The van der Waals surface area contributed by atoms with Gasteiger partial charge in [-0.15, -0.1) is 4.91 Å². The molecular formula is C19H24N2O6. The number of allylic oxidation sites excluding steroid dienone is 3. The van der Waals surface area contributed by atoms with Crippen LogP contribution in [0.3, 0.4) is 0 Å². The van der Waals surface area contributed by atoms with Crippen molar-refractivity contribution in [1.29, 1.82) is 0 Å². The van der Waals surface area contributed by atoms with E-state index in [0.717, 1.165) is 0 Å². The van der Waals surface area contributed by atoms with E-state index in [1.807, 2.05) is 0 Å². The highest BCUT2D eigenvalue weighted by molar-refractivity contribution is 5.92. The maximum absolute atomic E-state index is 11.8. The Kier molecular flexibility index (Phi) is 12.3. The maximum Gasteiger partial charge on any atom is 0.341 e. The van der Waals surface area contributed by atoms with Crippen molar-refractivity contribution in [3.05, 3.63) is 70.5 Å². The number of carbonyl (C=O) groups excluding carboxylic acids is 2. The van der Waals surface area contributed by atoms with Crippen molar-refractivity contribution in [3.8, 4) is 5.75 Å². The zero-order chi connectivity index (χ0) is 20.7. The molecule has 27 heavy (non-hydrogen) atoms. The Morgan fingerprint density at radius 2 is 1.89 bits per heavy atom. The van der Waals surface area contributed by atoms with Crippen molar-refractivity contribution in [2.24, 2.45) is 10.9 Å². The van der Waals surface area contributed by atoms with E-state index in [0.29, 0.717) is 5.75 Å². The van der Waals surface area contributed by atoms with Gasteiger partial charge in [-0.1, -0.05) is 12.1 Å². The van der Waals surface area contributed by atoms with Crippen LogP contribution < -0.4 is 10.5 Å². The van der Waals surface area contributed by atoms with Crippen LogP contribution in [-0.4, -0.2) is 32.7 Å². The van der Waals surface area contributed by atoms with Gasteiger partial charge in [-0.2, -0.15) is 0 Å². The number of nitrogens with zero attached hydrogens (tertiary/aromatic N) is 1. The molecule has 1 aromatic rings. The third-order valence-corrected chi connectivity index (χ3v) is 2.86. The number of rotatable bonds is 8. The Hall–Kier alpha value is -3.26. The quantitative estimate of drug-likeness (QED) is 0.243. The maximum atomic E-state index is 11.8. The number of ether oxygens (including phenoxy) is 3. The Morgan fingerprint density at radius 1 is 1.22 bits per heavy atom. The zero-order valence-electron chi connectivity index (χ0n) is 15.8. The van der Waals surface area contributed by atoms with Crippen LogP contribution in [0.1, 0.15) is 24.2 Å². The van der Waals surface area contributed by atoms with E-state index in [9.17, 15) is 14.5 Å². The monoisotopic (exact) mass is 376 g/mol. The van der Waals surface area contributed by atoms with Crippen LogP contribution in [0, 0.1) is 4.91 Å². The first-order valence-corrected chi connectivity index (χ1v) is 8.00. The van der Waals surface area contributed by atoms with Gasteiger partial charge in [0, 0.05) is 0 Å². The highest BCUT2D eigenvalue weighted by Crippen LogP contribution is 2.19. The predicted molar refractivity (Wildman–Crippen MR) is 102 cm³/mol. The van der Waals surface area contributed by atoms with E-state index in [1.165, 1.54) is 45.6 Å². The molecule has 0 heterocycles. The molecule has 146 valence electrons. The summed E-state index contributed by atoms with van der Waals surface area (Å²) in [6.45, 7) is 3.34. The van der Waals surface area contributed by atoms with Gasteiger partial charge in [0.15, 0.2) is 0 Å². The molecule has 0 spiro atoms. The van der Waals surface area contributed by atoms with E-state index in [1.54, 1.807) is 31.2 Å². The van der Waals surface area contributed by atoms with Crippen molar-refractivity contribution >= 4 is 11.9 Å². The van der Waals surface area contributed by atoms with Crippen molar-refractivity contribution < 1.29 is 23.8 Å². The Morgan fingerprint density at radius 3 is 2.48 bits per heavy atom. The number of benzene rings is 1. The average molecular weight is 376 g/mol. The van der Waals surface area contributed by atoms with Gasteiger partial charge in [0.1, 0.15) is 11.3 Å². The summed E-state index contributed by atoms with van der Waals surface area (Å²) in [7, 11) is 2.78. The molecule has 0 aliphatic rings. The average Bonchev–Trinajstić information content (AvgIpc) is 2.71. The fourth-order valence-corrected chi connectivity index (χ4v) is 1.74. The zero-order valence-corrected chi connectivity index (χ0v) is 15.8. The fraction of sp³-hybridized carbons (Fsp3) is 0.263. The van der Waals surface area contributed by atoms with Gasteiger partial charge in [-0.3, -0.25) is 0 Å². The second-order valence-corrected chi connectivity index (χ2v) is 4.65. The molecule has 0 saturated heterocycles. The number of nitroso groups, excluding NO2 is 1. The lowest BCUT2D eigenvalue weighted by atomic mass is 10.2. The minimum absolute atomic E-state index is 0.129. The van der Waals surface area contributed by atoms with Gasteiger partial charge in [-0.05, 0) is 56.4 Å². The summed E-state index contributed by atoms with van der Waals surface area (Å²) in [5, 5.41) is 2.74. The van der Waals surface area contributed by atoms with Crippen LogP contribution in [0.15, 0.2) is 65.2 Å². The summed E-state index contributed by atoms with van der Waals surface area (Å²) in [6, 6.07) is 6.56. The van der Waals surface area contributed by atoms with Crippen molar-refractivity contribution in [2.45, 2.75) is 13.8 Å². The van der Waals surface area contributed by atoms with Crippen LogP contribution in [0.25, 0.3) is 0 Å². The van der Waals surface area contributed by atoms with Gasteiger partial charge in [0.25, 0.3) is 0 Å². The van der Waals surface area contributed by atoms with Gasteiger partial charge in [0.05, 0.1) is 31.2 Å². The summed E-state index contributed by atoms with van der Waals surface area (Å²) in [5.41, 5.74) is 5.04. The van der Waals surface area contributed by atoms with Crippen LogP contribution in [0.4, 0.5) is 0 Å². The van der Waals surface area contributed by atoms with Gasteiger partial charge < -0.3 is 19.9 Å². The summed E-state index contributed by atoms with van der Waals surface area (Å²) in [4.78, 5) is 34.0. The van der Waals surface area contributed by atoms with Crippen molar-refractivity contribution in [3.63, 3.8) is 0 Å².